The van der Waals surface area contributed by atoms with Crippen LogP contribution < -0.4 is 0 Å². The van der Waals surface area contributed by atoms with Crippen LogP contribution in [0.5, 0.6) is 0 Å². The molecule has 3 fully saturated rings. The maximum Gasteiger partial charge on any atom is 0.134 e. The van der Waals surface area contributed by atoms with E-state index in [9.17, 15) is 0 Å². The SMILES string of the molecule is Clc1cccc(C#CCSc2nsnc2C2CN3CCC2CC3)c1. The summed E-state index contributed by atoms with van der Waals surface area (Å²) in [6.45, 7) is 3.66. The molecule has 3 aliphatic heterocycles. The van der Waals surface area contributed by atoms with Crippen molar-refractivity contribution < 1.29 is 0 Å². The molecule has 5 rings (SSSR count). The first-order valence-electron chi connectivity index (χ1n) is 8.21. The van der Waals surface area contributed by atoms with Crippen molar-refractivity contribution in [2.75, 3.05) is 25.4 Å². The first-order valence-corrected chi connectivity index (χ1v) is 10.3. The highest BCUT2D eigenvalue weighted by molar-refractivity contribution is 7.99. The zero-order chi connectivity index (χ0) is 16.4. The highest BCUT2D eigenvalue weighted by atomic mass is 35.5. The summed E-state index contributed by atoms with van der Waals surface area (Å²) in [7, 11) is 0. The summed E-state index contributed by atoms with van der Waals surface area (Å²) in [5.74, 6) is 8.46. The average molecular weight is 376 g/mol. The van der Waals surface area contributed by atoms with Crippen molar-refractivity contribution in [1.82, 2.24) is 13.6 Å². The van der Waals surface area contributed by atoms with E-state index in [1.807, 2.05) is 24.3 Å². The number of thioether (sulfide) groups is 1. The molecule has 3 aliphatic rings. The molecule has 0 spiro atoms. The summed E-state index contributed by atoms with van der Waals surface area (Å²) in [5, 5.41) is 1.81. The minimum Gasteiger partial charge on any atom is -0.303 e. The Hall–Kier alpha value is -1.06. The van der Waals surface area contributed by atoms with Crippen LogP contribution in [0.3, 0.4) is 0 Å². The second-order valence-electron chi connectivity index (χ2n) is 6.30. The average Bonchev–Trinajstić information content (AvgIpc) is 3.08. The van der Waals surface area contributed by atoms with E-state index in [4.69, 9.17) is 11.6 Å². The van der Waals surface area contributed by atoms with E-state index in [-0.39, 0.29) is 0 Å². The van der Waals surface area contributed by atoms with Gasteiger partial charge < -0.3 is 4.90 Å². The van der Waals surface area contributed by atoms with Gasteiger partial charge in [0.15, 0.2) is 0 Å². The minimum atomic E-state index is 0.564. The molecule has 0 N–H and O–H groups in total. The molecule has 124 valence electrons. The molecular weight excluding hydrogens is 358 g/mol. The lowest BCUT2D eigenvalue weighted by Crippen LogP contribution is -2.46. The van der Waals surface area contributed by atoms with E-state index >= 15 is 0 Å². The lowest BCUT2D eigenvalue weighted by atomic mass is 9.78. The second-order valence-corrected chi connectivity index (χ2v) is 8.23. The summed E-state index contributed by atoms with van der Waals surface area (Å²) in [6, 6.07) is 7.66. The Morgan fingerprint density at radius 2 is 2.17 bits per heavy atom. The summed E-state index contributed by atoms with van der Waals surface area (Å²) in [4.78, 5) is 2.57. The third-order valence-corrected chi connectivity index (χ3v) is 6.58. The Kier molecular flexibility index (Phi) is 5.09. The highest BCUT2D eigenvalue weighted by Gasteiger charge is 2.37. The zero-order valence-corrected chi connectivity index (χ0v) is 15.6. The predicted molar refractivity (Wildman–Crippen MR) is 101 cm³/mol. The fraction of sp³-hybridized carbons (Fsp3) is 0.444. The summed E-state index contributed by atoms with van der Waals surface area (Å²) in [6.07, 6.45) is 2.61. The first kappa shape index (κ1) is 16.4. The van der Waals surface area contributed by atoms with Crippen molar-refractivity contribution in [2.45, 2.75) is 23.8 Å². The monoisotopic (exact) mass is 375 g/mol. The number of hydrogen-bond donors (Lipinski definition) is 0. The van der Waals surface area contributed by atoms with E-state index in [1.165, 1.54) is 43.4 Å². The fourth-order valence-corrected chi connectivity index (χ4v) is 5.30. The van der Waals surface area contributed by atoms with Gasteiger partial charge in [0.05, 0.1) is 23.2 Å². The van der Waals surface area contributed by atoms with Gasteiger partial charge in [0.1, 0.15) is 5.03 Å². The van der Waals surface area contributed by atoms with E-state index in [1.54, 1.807) is 11.8 Å². The van der Waals surface area contributed by atoms with Crippen LogP contribution in [-0.2, 0) is 0 Å². The Balaban J connectivity index is 1.41. The number of fused-ring (bicyclic) bond motifs is 3. The van der Waals surface area contributed by atoms with Gasteiger partial charge in [-0.15, -0.1) is 0 Å². The van der Waals surface area contributed by atoms with Crippen LogP contribution in [0.1, 0.15) is 30.0 Å². The summed E-state index contributed by atoms with van der Waals surface area (Å²) in [5.41, 5.74) is 2.17. The van der Waals surface area contributed by atoms with Gasteiger partial charge in [-0.3, -0.25) is 0 Å². The van der Waals surface area contributed by atoms with Crippen LogP contribution in [0.2, 0.25) is 5.02 Å². The minimum absolute atomic E-state index is 0.564. The molecular formula is C18H18ClN3S2. The van der Waals surface area contributed by atoms with Gasteiger partial charge >= 0.3 is 0 Å². The van der Waals surface area contributed by atoms with Crippen LogP contribution in [0.15, 0.2) is 29.3 Å². The van der Waals surface area contributed by atoms with Crippen LogP contribution in [0.25, 0.3) is 0 Å². The highest BCUT2D eigenvalue weighted by Crippen LogP contribution is 2.41. The number of rotatable bonds is 3. The molecule has 2 aromatic rings. The Morgan fingerprint density at radius 1 is 1.29 bits per heavy atom. The van der Waals surface area contributed by atoms with Crippen molar-refractivity contribution in [1.29, 1.82) is 0 Å². The number of aromatic nitrogens is 2. The van der Waals surface area contributed by atoms with E-state index in [2.05, 4.69) is 25.5 Å². The fourth-order valence-electron chi connectivity index (χ4n) is 3.60. The van der Waals surface area contributed by atoms with E-state index in [0.717, 1.165) is 33.8 Å². The molecule has 3 nitrogen and oxygen atoms in total. The number of benzene rings is 1. The van der Waals surface area contributed by atoms with Gasteiger partial charge in [-0.2, -0.15) is 8.75 Å². The Bertz CT molecular complexity index is 772. The summed E-state index contributed by atoms with van der Waals surface area (Å²) < 4.78 is 9.14. The van der Waals surface area contributed by atoms with E-state index < -0.39 is 0 Å². The molecule has 1 aromatic heterocycles. The molecule has 0 radical (unpaired) electrons. The van der Waals surface area contributed by atoms with Crippen LogP contribution in [0, 0.1) is 17.8 Å². The van der Waals surface area contributed by atoms with Crippen molar-refractivity contribution in [2.24, 2.45) is 5.92 Å². The normalized spacial score (nSPS) is 25.3. The molecule has 24 heavy (non-hydrogen) atoms. The molecule has 0 aliphatic carbocycles. The predicted octanol–water partition coefficient (Wildman–Crippen LogP) is 4.14. The van der Waals surface area contributed by atoms with Gasteiger partial charge in [0, 0.05) is 23.0 Å². The van der Waals surface area contributed by atoms with Gasteiger partial charge in [0.25, 0.3) is 0 Å². The number of halogens is 1. The van der Waals surface area contributed by atoms with Crippen molar-refractivity contribution in [3.63, 3.8) is 0 Å². The van der Waals surface area contributed by atoms with Crippen LogP contribution in [-0.4, -0.2) is 39.0 Å². The van der Waals surface area contributed by atoms with Gasteiger partial charge in [-0.1, -0.05) is 41.3 Å². The smallest absolute Gasteiger partial charge is 0.134 e. The third kappa shape index (κ3) is 3.62. The molecule has 2 bridgehead atoms. The van der Waals surface area contributed by atoms with Gasteiger partial charge in [-0.05, 0) is 50.0 Å². The lowest BCUT2D eigenvalue weighted by Gasteiger charge is -2.44. The quantitative estimate of drug-likeness (QED) is 0.595. The molecule has 4 heterocycles. The largest absolute Gasteiger partial charge is 0.303 e. The van der Waals surface area contributed by atoms with E-state index in [0.29, 0.717) is 5.92 Å². The van der Waals surface area contributed by atoms with Gasteiger partial charge in [-0.25, -0.2) is 0 Å². The van der Waals surface area contributed by atoms with Crippen molar-refractivity contribution in [3.05, 3.63) is 40.5 Å². The second kappa shape index (κ2) is 7.45. The Morgan fingerprint density at radius 3 is 2.92 bits per heavy atom. The third-order valence-electron chi connectivity index (χ3n) is 4.83. The van der Waals surface area contributed by atoms with Crippen LogP contribution in [0.4, 0.5) is 0 Å². The molecule has 3 saturated heterocycles. The topological polar surface area (TPSA) is 29.0 Å². The summed E-state index contributed by atoms with van der Waals surface area (Å²) >= 11 is 9.03. The van der Waals surface area contributed by atoms with Crippen molar-refractivity contribution in [3.8, 4) is 11.8 Å². The number of nitrogens with zero attached hydrogens (tertiary/aromatic N) is 3. The molecule has 0 amide bonds. The number of piperidine rings is 3. The Labute approximate surface area is 156 Å². The maximum atomic E-state index is 5.98. The zero-order valence-electron chi connectivity index (χ0n) is 13.2. The molecule has 0 saturated carbocycles. The van der Waals surface area contributed by atoms with Crippen LogP contribution >= 0.6 is 35.1 Å². The standard InChI is InChI=1S/C18H18ClN3S2/c19-15-5-1-3-13(11-15)4-2-10-23-18-17(20-24-21-18)16-12-22-8-6-14(16)7-9-22/h1,3,5,11,14,16H,6-10,12H2. The van der Waals surface area contributed by atoms with Gasteiger partial charge in [0.2, 0.25) is 0 Å². The molecule has 6 heteroatoms. The van der Waals surface area contributed by atoms with Crippen molar-refractivity contribution >= 4 is 35.1 Å². The molecule has 1 aromatic carbocycles. The molecule has 1 unspecified atom stereocenters. The maximum absolute atomic E-state index is 5.98. The molecule has 1 atom stereocenters. The number of hydrogen-bond acceptors (Lipinski definition) is 5. The first-order chi connectivity index (χ1) is 11.8. The lowest BCUT2D eigenvalue weighted by molar-refractivity contribution is 0.0846.